The van der Waals surface area contributed by atoms with E-state index in [2.05, 4.69) is 0 Å². The number of rotatable bonds is 4. The van der Waals surface area contributed by atoms with Gasteiger partial charge in [0.2, 0.25) is 5.91 Å². The van der Waals surface area contributed by atoms with Crippen molar-refractivity contribution < 1.29 is 14.7 Å². The average molecular weight is 214 g/mol. The van der Waals surface area contributed by atoms with Gasteiger partial charge in [-0.05, 0) is 19.8 Å². The molecule has 5 nitrogen and oxygen atoms in total. The lowest BCUT2D eigenvalue weighted by Gasteiger charge is -2.25. The molecule has 1 aliphatic rings. The molecule has 5 heteroatoms. The molecular formula is C10H18N2O3. The summed E-state index contributed by atoms with van der Waals surface area (Å²) >= 11 is 0. The molecule has 1 heterocycles. The van der Waals surface area contributed by atoms with E-state index < -0.39 is 17.3 Å². The molecule has 86 valence electrons. The number of nitrogens with zero attached hydrogens (tertiary/aromatic N) is 1. The quantitative estimate of drug-likeness (QED) is 0.692. The predicted molar refractivity (Wildman–Crippen MR) is 55.2 cm³/mol. The Morgan fingerprint density at radius 1 is 1.60 bits per heavy atom. The number of carboxylic acids is 1. The van der Waals surface area contributed by atoms with Crippen LogP contribution >= 0.6 is 0 Å². The van der Waals surface area contributed by atoms with E-state index in [1.165, 1.54) is 0 Å². The Morgan fingerprint density at radius 3 is 2.53 bits per heavy atom. The molecule has 0 spiro atoms. The molecule has 3 N–H and O–H groups in total. The summed E-state index contributed by atoms with van der Waals surface area (Å²) in [6.45, 7) is 4.63. The lowest BCUT2D eigenvalue weighted by molar-refractivity contribution is -0.148. The van der Waals surface area contributed by atoms with Crippen molar-refractivity contribution in [1.29, 1.82) is 0 Å². The molecule has 1 amide bonds. The van der Waals surface area contributed by atoms with E-state index in [1.807, 2.05) is 11.8 Å². The number of carboxylic acid groups (broad SMARTS) is 1. The Kier molecular flexibility index (Phi) is 3.34. The van der Waals surface area contributed by atoms with E-state index in [9.17, 15) is 9.59 Å². The Balaban J connectivity index is 2.73. The highest BCUT2D eigenvalue weighted by Crippen LogP contribution is 2.34. The first kappa shape index (κ1) is 12.0. The molecule has 0 radical (unpaired) electrons. The molecule has 0 aromatic heterocycles. The number of amides is 1. The Bertz CT molecular complexity index is 280. The fraction of sp³-hybridized carbons (Fsp3) is 0.800. The highest BCUT2D eigenvalue weighted by atomic mass is 16.4. The van der Waals surface area contributed by atoms with Gasteiger partial charge in [0.1, 0.15) is 0 Å². The summed E-state index contributed by atoms with van der Waals surface area (Å²) in [6, 6.07) is -0.377. The number of carbonyl (C=O) groups excluding carboxylic acids is 1. The molecule has 15 heavy (non-hydrogen) atoms. The second kappa shape index (κ2) is 4.18. The summed E-state index contributed by atoms with van der Waals surface area (Å²) in [4.78, 5) is 24.0. The predicted octanol–water partition coefficient (Wildman–Crippen LogP) is 0.0469. The summed E-state index contributed by atoms with van der Waals surface area (Å²) in [5.41, 5.74) is 4.50. The van der Waals surface area contributed by atoms with Crippen LogP contribution in [0.1, 0.15) is 26.7 Å². The first-order valence-corrected chi connectivity index (χ1v) is 5.19. The lowest BCUT2D eigenvalue weighted by atomic mass is 9.84. The van der Waals surface area contributed by atoms with Crippen LogP contribution in [0.15, 0.2) is 0 Å². The number of likely N-dealkylation sites (tertiary alicyclic amines) is 1. The van der Waals surface area contributed by atoms with E-state index in [0.717, 1.165) is 0 Å². The van der Waals surface area contributed by atoms with Gasteiger partial charge in [-0.2, -0.15) is 0 Å². The molecule has 0 aromatic carbocycles. The maximum Gasteiger partial charge on any atom is 0.310 e. The van der Waals surface area contributed by atoms with Crippen LogP contribution in [-0.4, -0.2) is 41.0 Å². The third kappa shape index (κ3) is 2.12. The van der Waals surface area contributed by atoms with Gasteiger partial charge in [0, 0.05) is 13.1 Å². The number of aliphatic carboxylic acids is 1. The van der Waals surface area contributed by atoms with Crippen LogP contribution < -0.4 is 5.73 Å². The molecule has 0 aromatic rings. The fourth-order valence-electron chi connectivity index (χ4n) is 2.03. The molecule has 1 aliphatic heterocycles. The summed E-state index contributed by atoms with van der Waals surface area (Å²) in [7, 11) is 0. The summed E-state index contributed by atoms with van der Waals surface area (Å²) in [6.07, 6.45) is 1.18. The van der Waals surface area contributed by atoms with Crippen molar-refractivity contribution in [2.75, 3.05) is 13.1 Å². The van der Waals surface area contributed by atoms with Gasteiger partial charge in [-0.1, -0.05) is 6.92 Å². The second-order valence-electron chi connectivity index (χ2n) is 4.24. The van der Waals surface area contributed by atoms with Crippen LogP contribution in [-0.2, 0) is 9.59 Å². The topological polar surface area (TPSA) is 83.6 Å². The highest BCUT2D eigenvalue weighted by molar-refractivity contribution is 5.80. The van der Waals surface area contributed by atoms with E-state index in [0.29, 0.717) is 25.9 Å². The second-order valence-corrected chi connectivity index (χ2v) is 4.24. The molecule has 2 unspecified atom stereocenters. The van der Waals surface area contributed by atoms with Crippen LogP contribution in [0, 0.1) is 5.41 Å². The van der Waals surface area contributed by atoms with Gasteiger partial charge in [0.15, 0.2) is 0 Å². The zero-order chi connectivity index (χ0) is 11.6. The van der Waals surface area contributed by atoms with Gasteiger partial charge in [-0.15, -0.1) is 0 Å². The molecule has 1 rings (SSSR count). The molecular weight excluding hydrogens is 196 g/mol. The molecule has 0 bridgehead atoms. The minimum absolute atomic E-state index is 0.377. The van der Waals surface area contributed by atoms with Gasteiger partial charge in [0.25, 0.3) is 0 Å². The van der Waals surface area contributed by atoms with Gasteiger partial charge in [-0.3, -0.25) is 14.5 Å². The smallest absolute Gasteiger partial charge is 0.310 e. The van der Waals surface area contributed by atoms with E-state index in [1.54, 1.807) is 6.92 Å². The first-order chi connectivity index (χ1) is 6.93. The monoisotopic (exact) mass is 214 g/mol. The molecule has 2 atom stereocenters. The van der Waals surface area contributed by atoms with Gasteiger partial charge in [0.05, 0.1) is 11.5 Å². The zero-order valence-corrected chi connectivity index (χ0v) is 9.19. The molecule has 1 saturated heterocycles. The van der Waals surface area contributed by atoms with Gasteiger partial charge in [-0.25, -0.2) is 0 Å². The average Bonchev–Trinajstić information content (AvgIpc) is 2.61. The maximum atomic E-state index is 11.1. The normalized spacial score (nSPS) is 28.9. The van der Waals surface area contributed by atoms with Crippen molar-refractivity contribution in [3.8, 4) is 0 Å². The third-order valence-corrected chi connectivity index (χ3v) is 3.47. The van der Waals surface area contributed by atoms with E-state index in [-0.39, 0.29) is 6.04 Å². The standard InChI is InChI=1S/C10H18N2O3/c1-3-10(9(14)15)4-5-12(6-10)7(2)8(11)13/h7H,3-6H2,1-2H3,(H2,11,13)(H,14,15). The van der Waals surface area contributed by atoms with E-state index in [4.69, 9.17) is 10.8 Å². The summed E-state index contributed by atoms with van der Waals surface area (Å²) in [5.74, 6) is -1.17. The number of carbonyl (C=O) groups is 2. The molecule has 0 aliphatic carbocycles. The summed E-state index contributed by atoms with van der Waals surface area (Å²) < 4.78 is 0. The number of nitrogens with two attached hydrogens (primary N) is 1. The van der Waals surface area contributed by atoms with E-state index >= 15 is 0 Å². The largest absolute Gasteiger partial charge is 0.481 e. The third-order valence-electron chi connectivity index (χ3n) is 3.47. The Hall–Kier alpha value is -1.10. The van der Waals surface area contributed by atoms with Crippen molar-refractivity contribution in [3.63, 3.8) is 0 Å². The lowest BCUT2D eigenvalue weighted by Crippen LogP contribution is -2.43. The van der Waals surface area contributed by atoms with Gasteiger partial charge < -0.3 is 10.8 Å². The number of hydrogen-bond donors (Lipinski definition) is 2. The van der Waals surface area contributed by atoms with Crippen molar-refractivity contribution in [3.05, 3.63) is 0 Å². The van der Waals surface area contributed by atoms with Gasteiger partial charge >= 0.3 is 5.97 Å². The number of hydrogen-bond acceptors (Lipinski definition) is 3. The van der Waals surface area contributed by atoms with Crippen molar-refractivity contribution >= 4 is 11.9 Å². The highest BCUT2D eigenvalue weighted by Gasteiger charge is 2.44. The van der Waals surface area contributed by atoms with Crippen LogP contribution in [0.5, 0.6) is 0 Å². The maximum absolute atomic E-state index is 11.1. The van der Waals surface area contributed by atoms with Crippen molar-refractivity contribution in [2.45, 2.75) is 32.7 Å². The fourth-order valence-corrected chi connectivity index (χ4v) is 2.03. The van der Waals surface area contributed by atoms with Crippen LogP contribution in [0.4, 0.5) is 0 Å². The summed E-state index contributed by atoms with van der Waals surface area (Å²) in [5, 5.41) is 9.16. The van der Waals surface area contributed by atoms with Crippen LogP contribution in [0.25, 0.3) is 0 Å². The minimum Gasteiger partial charge on any atom is -0.481 e. The first-order valence-electron chi connectivity index (χ1n) is 5.19. The van der Waals surface area contributed by atoms with Crippen molar-refractivity contribution in [2.24, 2.45) is 11.1 Å². The molecule has 1 fully saturated rings. The van der Waals surface area contributed by atoms with Crippen molar-refractivity contribution in [1.82, 2.24) is 4.90 Å². The minimum atomic E-state index is -0.774. The van der Waals surface area contributed by atoms with Crippen LogP contribution in [0.2, 0.25) is 0 Å². The Morgan fingerprint density at radius 2 is 2.20 bits per heavy atom. The Labute approximate surface area is 89.2 Å². The zero-order valence-electron chi connectivity index (χ0n) is 9.19. The SMILES string of the molecule is CCC1(C(=O)O)CCN(C(C)C(N)=O)C1. The van der Waals surface area contributed by atoms with Crippen LogP contribution in [0.3, 0.4) is 0 Å². The molecule has 0 saturated carbocycles. The number of primary amides is 1.